The van der Waals surface area contributed by atoms with Crippen molar-refractivity contribution in [3.8, 4) is 17.2 Å². The lowest BCUT2D eigenvalue weighted by atomic mass is 9.71. The maximum absolute atomic E-state index is 6.42. The topological polar surface area (TPSA) is 30.9 Å². The second-order valence-corrected chi connectivity index (χ2v) is 10.8. The van der Waals surface area contributed by atoms with Crippen LogP contribution in [0.5, 0.6) is 17.2 Å². The lowest BCUT2D eigenvalue weighted by molar-refractivity contribution is 0.0689. The number of methoxy groups -OCH3 is 1. The number of hydrogen-bond donors (Lipinski definition) is 0. The molecule has 2 aliphatic heterocycles. The van der Waals surface area contributed by atoms with Crippen molar-refractivity contribution in [1.82, 2.24) is 4.90 Å². The molecule has 0 saturated carbocycles. The molecule has 0 amide bonds. The molecule has 0 aromatic heterocycles. The molecule has 3 aromatic carbocycles. The minimum absolute atomic E-state index is 0.212. The van der Waals surface area contributed by atoms with Crippen molar-refractivity contribution in [2.75, 3.05) is 33.4 Å². The first-order chi connectivity index (χ1) is 17.5. The highest BCUT2D eigenvalue weighted by Gasteiger charge is 2.39. The average molecular weight is 486 g/mol. The van der Waals surface area contributed by atoms with Gasteiger partial charge in [-0.15, -0.1) is 0 Å². The van der Waals surface area contributed by atoms with Crippen LogP contribution in [-0.4, -0.2) is 43.9 Å². The quantitative estimate of drug-likeness (QED) is 0.342. The van der Waals surface area contributed by atoms with Crippen molar-refractivity contribution in [2.24, 2.45) is 0 Å². The Balaban J connectivity index is 1.41. The molecule has 5 rings (SSSR count). The lowest BCUT2D eigenvalue weighted by Crippen LogP contribution is -2.36. The van der Waals surface area contributed by atoms with Crippen molar-refractivity contribution >= 4 is 0 Å². The fraction of sp³-hybridized carbons (Fsp3) is 0.438. The summed E-state index contributed by atoms with van der Waals surface area (Å²) >= 11 is 0. The van der Waals surface area contributed by atoms with E-state index in [9.17, 15) is 0 Å². The molecule has 0 N–H and O–H groups in total. The van der Waals surface area contributed by atoms with Gasteiger partial charge in [0, 0.05) is 24.4 Å². The van der Waals surface area contributed by atoms with E-state index in [1.54, 1.807) is 7.11 Å². The largest absolute Gasteiger partial charge is 0.497 e. The summed E-state index contributed by atoms with van der Waals surface area (Å²) in [5, 5.41) is 0. The van der Waals surface area contributed by atoms with Crippen molar-refractivity contribution in [3.05, 3.63) is 89.5 Å². The van der Waals surface area contributed by atoms with Gasteiger partial charge in [0.1, 0.15) is 29.5 Å². The number of hydrogen-bond acceptors (Lipinski definition) is 4. The minimum Gasteiger partial charge on any atom is -0.497 e. The van der Waals surface area contributed by atoms with E-state index in [2.05, 4.69) is 85.5 Å². The predicted octanol–water partition coefficient (Wildman–Crippen LogP) is 7.04. The van der Waals surface area contributed by atoms with Crippen LogP contribution in [0.15, 0.2) is 72.8 Å². The van der Waals surface area contributed by atoms with Crippen molar-refractivity contribution < 1.29 is 14.2 Å². The van der Waals surface area contributed by atoms with Crippen molar-refractivity contribution in [1.29, 1.82) is 0 Å². The van der Waals surface area contributed by atoms with Gasteiger partial charge in [-0.25, -0.2) is 0 Å². The van der Waals surface area contributed by atoms with Gasteiger partial charge in [-0.05, 0) is 81.1 Å². The number of piperidine rings is 1. The summed E-state index contributed by atoms with van der Waals surface area (Å²) in [6.45, 7) is 8.52. The smallest absolute Gasteiger partial charge is 0.127 e. The zero-order chi connectivity index (χ0) is 25.0. The molecule has 0 bridgehead atoms. The molecule has 0 radical (unpaired) electrons. The number of likely N-dealkylation sites (tertiary alicyclic amines) is 1. The Morgan fingerprint density at radius 3 is 2.31 bits per heavy atom. The number of fused-ring (bicyclic) bond motifs is 1. The van der Waals surface area contributed by atoms with E-state index in [4.69, 9.17) is 14.2 Å². The zero-order valence-corrected chi connectivity index (χ0v) is 21.9. The summed E-state index contributed by atoms with van der Waals surface area (Å²) in [5.74, 6) is 3.19. The molecule has 4 nitrogen and oxygen atoms in total. The van der Waals surface area contributed by atoms with Crippen LogP contribution in [0.1, 0.15) is 68.1 Å². The number of nitrogens with zero attached hydrogens (tertiary/aromatic N) is 1. The number of ether oxygens (including phenoxy) is 3. The first kappa shape index (κ1) is 24.7. The summed E-state index contributed by atoms with van der Waals surface area (Å²) < 4.78 is 18.1. The summed E-state index contributed by atoms with van der Waals surface area (Å²) in [5.41, 5.74) is 3.59. The number of benzene rings is 3. The molecule has 2 unspecified atom stereocenters. The molecule has 1 saturated heterocycles. The van der Waals surface area contributed by atoms with Crippen LogP contribution in [0.4, 0.5) is 0 Å². The normalized spacial score (nSPS) is 20.1. The van der Waals surface area contributed by atoms with Gasteiger partial charge in [0.2, 0.25) is 0 Å². The minimum atomic E-state index is -0.269. The third-order valence-electron chi connectivity index (χ3n) is 7.64. The first-order valence-corrected chi connectivity index (χ1v) is 13.4. The fourth-order valence-electron chi connectivity index (χ4n) is 5.88. The Morgan fingerprint density at radius 2 is 1.58 bits per heavy atom. The maximum atomic E-state index is 6.42. The molecule has 0 spiro atoms. The second kappa shape index (κ2) is 11.0. The molecule has 36 heavy (non-hydrogen) atoms. The molecule has 2 atom stereocenters. The third-order valence-corrected chi connectivity index (χ3v) is 7.64. The Bertz CT molecular complexity index is 1120. The summed E-state index contributed by atoms with van der Waals surface area (Å²) in [7, 11) is 1.70. The van der Waals surface area contributed by atoms with Crippen LogP contribution >= 0.6 is 0 Å². The van der Waals surface area contributed by atoms with Crippen molar-refractivity contribution in [3.63, 3.8) is 0 Å². The predicted molar refractivity (Wildman–Crippen MR) is 146 cm³/mol. The summed E-state index contributed by atoms with van der Waals surface area (Å²) in [6, 6.07) is 25.9. The van der Waals surface area contributed by atoms with Gasteiger partial charge in [-0.1, -0.05) is 55.0 Å². The van der Waals surface area contributed by atoms with E-state index in [1.807, 2.05) is 6.07 Å². The van der Waals surface area contributed by atoms with Crippen LogP contribution in [-0.2, 0) is 0 Å². The SMILES string of the molecule is COc1ccc2c(c1)OC(C)(C)CC2C(c1ccccc1)c1ccc(OCCN2CCCCC2)cc1. The van der Waals surface area contributed by atoms with Crippen molar-refractivity contribution in [2.45, 2.75) is 57.0 Å². The zero-order valence-electron chi connectivity index (χ0n) is 21.9. The molecule has 1 fully saturated rings. The van der Waals surface area contributed by atoms with Gasteiger partial charge in [-0.2, -0.15) is 0 Å². The van der Waals surface area contributed by atoms with Gasteiger partial charge in [0.25, 0.3) is 0 Å². The standard InChI is InChI=1S/C32H39NO3/c1-32(2)23-29(28-17-16-27(34-3)22-30(28)36-32)31(24-10-6-4-7-11-24)25-12-14-26(15-13-25)35-21-20-33-18-8-5-9-19-33/h4,6-7,10-17,22,29,31H,5,8-9,18-21,23H2,1-3H3. The Morgan fingerprint density at radius 1 is 0.889 bits per heavy atom. The summed E-state index contributed by atoms with van der Waals surface area (Å²) in [6.07, 6.45) is 4.92. The fourth-order valence-corrected chi connectivity index (χ4v) is 5.88. The van der Waals surface area contributed by atoms with E-state index in [0.717, 1.165) is 36.8 Å². The monoisotopic (exact) mass is 485 g/mol. The van der Waals surface area contributed by atoms with E-state index >= 15 is 0 Å². The molecule has 2 heterocycles. The maximum Gasteiger partial charge on any atom is 0.127 e. The molecular formula is C32H39NO3. The Kier molecular flexibility index (Phi) is 7.52. The second-order valence-electron chi connectivity index (χ2n) is 10.8. The Labute approximate surface area is 216 Å². The van der Waals surface area contributed by atoms with Gasteiger partial charge < -0.3 is 14.2 Å². The number of rotatable bonds is 8. The van der Waals surface area contributed by atoms with Gasteiger partial charge in [0.15, 0.2) is 0 Å². The molecular weight excluding hydrogens is 446 g/mol. The van der Waals surface area contributed by atoms with Gasteiger partial charge >= 0.3 is 0 Å². The van der Waals surface area contributed by atoms with Crippen LogP contribution < -0.4 is 14.2 Å². The Hall–Kier alpha value is -2.98. The first-order valence-electron chi connectivity index (χ1n) is 13.4. The van der Waals surface area contributed by atoms with Crippen LogP contribution in [0, 0.1) is 0 Å². The van der Waals surface area contributed by atoms with E-state index in [0.29, 0.717) is 0 Å². The third kappa shape index (κ3) is 5.70. The highest BCUT2D eigenvalue weighted by Crippen LogP contribution is 2.50. The van der Waals surface area contributed by atoms with E-state index in [-0.39, 0.29) is 17.4 Å². The molecule has 0 aliphatic carbocycles. The molecule has 3 aromatic rings. The highest BCUT2D eigenvalue weighted by molar-refractivity contribution is 5.49. The highest BCUT2D eigenvalue weighted by atomic mass is 16.5. The van der Waals surface area contributed by atoms with E-state index < -0.39 is 0 Å². The van der Waals surface area contributed by atoms with Gasteiger partial charge in [0.05, 0.1) is 7.11 Å². The van der Waals surface area contributed by atoms with E-state index in [1.165, 1.54) is 49.0 Å². The summed E-state index contributed by atoms with van der Waals surface area (Å²) in [4.78, 5) is 2.52. The molecule has 190 valence electrons. The van der Waals surface area contributed by atoms with Gasteiger partial charge in [-0.3, -0.25) is 4.90 Å². The average Bonchev–Trinajstić information content (AvgIpc) is 2.90. The lowest BCUT2D eigenvalue weighted by Gasteiger charge is -2.41. The van der Waals surface area contributed by atoms with Crippen LogP contribution in [0.2, 0.25) is 0 Å². The molecule has 2 aliphatic rings. The van der Waals surface area contributed by atoms with Crippen LogP contribution in [0.25, 0.3) is 0 Å². The van der Waals surface area contributed by atoms with Crippen LogP contribution in [0.3, 0.4) is 0 Å². The molecule has 4 heteroatoms.